The van der Waals surface area contributed by atoms with Crippen LogP contribution in [0.25, 0.3) is 0 Å². The third-order valence-corrected chi connectivity index (χ3v) is 2.97. The zero-order valence-electron chi connectivity index (χ0n) is 9.84. The summed E-state index contributed by atoms with van der Waals surface area (Å²) in [5.74, 6) is 0. The Hall–Kier alpha value is -0.670. The van der Waals surface area contributed by atoms with Crippen molar-refractivity contribution < 1.29 is 0 Å². The summed E-state index contributed by atoms with van der Waals surface area (Å²) in [7, 11) is 0. The number of thiazole rings is 1. The fourth-order valence-electron chi connectivity index (χ4n) is 1.14. The van der Waals surface area contributed by atoms with Crippen LogP contribution in [0.5, 0.6) is 0 Å². The molecular weight excluding hydrogens is 204 g/mol. The van der Waals surface area contributed by atoms with E-state index in [9.17, 15) is 0 Å². The average Bonchev–Trinajstić information content (AvgIpc) is 2.60. The summed E-state index contributed by atoms with van der Waals surface area (Å²) >= 11 is 1.74. The molecule has 0 aliphatic carbocycles. The molecule has 1 N–H and O–H groups in total. The summed E-state index contributed by atoms with van der Waals surface area (Å²) < 4.78 is 0. The van der Waals surface area contributed by atoms with E-state index in [0.29, 0.717) is 0 Å². The molecule has 15 heavy (non-hydrogen) atoms. The van der Waals surface area contributed by atoms with E-state index < -0.39 is 0 Å². The van der Waals surface area contributed by atoms with Gasteiger partial charge < -0.3 is 5.32 Å². The van der Waals surface area contributed by atoms with E-state index in [0.717, 1.165) is 19.5 Å². The van der Waals surface area contributed by atoms with Crippen molar-refractivity contribution in [2.75, 3.05) is 6.54 Å². The molecule has 3 heteroatoms. The van der Waals surface area contributed by atoms with Crippen molar-refractivity contribution in [2.24, 2.45) is 0 Å². The Kier molecular flexibility index (Phi) is 4.48. The quantitative estimate of drug-likeness (QED) is 0.614. The van der Waals surface area contributed by atoms with Crippen LogP contribution in [0.1, 0.15) is 37.9 Å². The molecular formula is C12H20N2S. The number of nitrogens with zero attached hydrogens (tertiary/aromatic N) is 1. The molecule has 0 aromatic carbocycles. The molecule has 0 atom stereocenters. The highest BCUT2D eigenvalue weighted by molar-refractivity contribution is 7.09. The molecule has 0 saturated carbocycles. The molecule has 1 rings (SSSR count). The van der Waals surface area contributed by atoms with E-state index in [1.54, 1.807) is 11.3 Å². The van der Waals surface area contributed by atoms with Crippen molar-refractivity contribution in [1.29, 1.82) is 0 Å². The largest absolute Gasteiger partial charge is 0.310 e. The molecule has 0 aliphatic rings. The van der Waals surface area contributed by atoms with Gasteiger partial charge in [-0.3, -0.25) is 0 Å². The molecule has 0 amide bonds. The molecule has 0 unspecified atom stereocenters. The number of hydrogen-bond acceptors (Lipinski definition) is 3. The molecule has 0 spiro atoms. The van der Waals surface area contributed by atoms with E-state index in [4.69, 9.17) is 0 Å². The van der Waals surface area contributed by atoms with E-state index in [-0.39, 0.29) is 5.41 Å². The summed E-state index contributed by atoms with van der Waals surface area (Å²) in [6.07, 6.45) is 2.94. The number of nitrogens with one attached hydrogen (secondary N) is 1. The second-order valence-electron chi connectivity index (χ2n) is 4.63. The lowest BCUT2D eigenvalue weighted by atomic mass is 9.93. The van der Waals surface area contributed by atoms with Gasteiger partial charge in [-0.1, -0.05) is 26.8 Å². The van der Waals surface area contributed by atoms with Crippen molar-refractivity contribution in [3.63, 3.8) is 0 Å². The zero-order valence-corrected chi connectivity index (χ0v) is 10.7. The van der Waals surface area contributed by atoms with Gasteiger partial charge in [-0.05, 0) is 13.0 Å². The number of hydrogen-bond donors (Lipinski definition) is 1. The van der Waals surface area contributed by atoms with Gasteiger partial charge in [0, 0.05) is 17.3 Å². The van der Waals surface area contributed by atoms with Crippen LogP contribution >= 0.6 is 11.3 Å². The second kappa shape index (κ2) is 5.42. The second-order valence-corrected chi connectivity index (χ2v) is 5.57. The van der Waals surface area contributed by atoms with E-state index >= 15 is 0 Å². The highest BCUT2D eigenvalue weighted by Crippen LogP contribution is 2.23. The third kappa shape index (κ3) is 4.14. The molecule has 1 aromatic heterocycles. The first-order valence-corrected chi connectivity index (χ1v) is 6.18. The molecule has 2 nitrogen and oxygen atoms in total. The summed E-state index contributed by atoms with van der Waals surface area (Å²) in [4.78, 5) is 4.61. The first-order chi connectivity index (χ1) is 7.04. The molecule has 1 aromatic rings. The number of aromatic nitrogens is 1. The highest BCUT2D eigenvalue weighted by atomic mass is 32.1. The van der Waals surface area contributed by atoms with Crippen molar-refractivity contribution in [3.8, 4) is 0 Å². The lowest BCUT2D eigenvalue weighted by Gasteiger charge is -2.14. The average molecular weight is 224 g/mol. The van der Waals surface area contributed by atoms with E-state index in [2.05, 4.69) is 43.0 Å². The van der Waals surface area contributed by atoms with Crippen molar-refractivity contribution in [1.82, 2.24) is 10.3 Å². The third-order valence-electron chi connectivity index (χ3n) is 2.12. The van der Waals surface area contributed by atoms with Crippen LogP contribution in [0.2, 0.25) is 0 Å². The van der Waals surface area contributed by atoms with Gasteiger partial charge in [0.25, 0.3) is 0 Å². The van der Waals surface area contributed by atoms with Gasteiger partial charge in [0.1, 0.15) is 5.01 Å². The fourth-order valence-corrected chi connectivity index (χ4v) is 2.13. The standard InChI is InChI=1S/C12H20N2S/c1-5-6-7-13-8-11-14-10(9-15-11)12(2,3)4/h5,9,13H,1,6-8H2,2-4H3. The predicted octanol–water partition coefficient (Wildman–Crippen LogP) is 3.11. The molecule has 84 valence electrons. The maximum Gasteiger partial charge on any atom is 0.107 e. The Morgan fingerprint density at radius 1 is 1.53 bits per heavy atom. The Balaban J connectivity index is 2.43. The lowest BCUT2D eigenvalue weighted by Crippen LogP contribution is -2.15. The van der Waals surface area contributed by atoms with Gasteiger partial charge in [-0.25, -0.2) is 4.98 Å². The summed E-state index contributed by atoms with van der Waals surface area (Å²) in [6, 6.07) is 0. The van der Waals surface area contributed by atoms with Crippen LogP contribution in [-0.2, 0) is 12.0 Å². The lowest BCUT2D eigenvalue weighted by molar-refractivity contribution is 0.568. The van der Waals surface area contributed by atoms with Crippen LogP contribution in [0.4, 0.5) is 0 Å². The minimum atomic E-state index is 0.163. The maximum atomic E-state index is 4.61. The number of rotatable bonds is 5. The molecule has 0 fully saturated rings. The van der Waals surface area contributed by atoms with Gasteiger partial charge in [0.05, 0.1) is 5.69 Å². The Morgan fingerprint density at radius 3 is 2.80 bits per heavy atom. The first-order valence-electron chi connectivity index (χ1n) is 5.30. The molecule has 0 radical (unpaired) electrons. The monoisotopic (exact) mass is 224 g/mol. The van der Waals surface area contributed by atoms with Crippen molar-refractivity contribution in [3.05, 3.63) is 28.7 Å². The molecule has 0 saturated heterocycles. The highest BCUT2D eigenvalue weighted by Gasteiger charge is 2.16. The van der Waals surface area contributed by atoms with Crippen LogP contribution in [-0.4, -0.2) is 11.5 Å². The maximum absolute atomic E-state index is 4.61. The normalized spacial score (nSPS) is 11.7. The molecule has 0 aliphatic heterocycles. The topological polar surface area (TPSA) is 24.9 Å². The fraction of sp³-hybridized carbons (Fsp3) is 0.583. The van der Waals surface area contributed by atoms with Crippen LogP contribution in [0.15, 0.2) is 18.0 Å². The van der Waals surface area contributed by atoms with Gasteiger partial charge in [-0.15, -0.1) is 17.9 Å². The summed E-state index contributed by atoms with van der Waals surface area (Å²) in [6.45, 7) is 12.1. The Labute approximate surface area is 96.4 Å². The minimum Gasteiger partial charge on any atom is -0.310 e. The van der Waals surface area contributed by atoms with Crippen LogP contribution < -0.4 is 5.32 Å². The zero-order chi connectivity index (χ0) is 11.3. The predicted molar refractivity (Wildman–Crippen MR) is 67.3 cm³/mol. The van der Waals surface area contributed by atoms with Crippen LogP contribution in [0, 0.1) is 0 Å². The van der Waals surface area contributed by atoms with E-state index in [1.165, 1.54) is 10.7 Å². The minimum absolute atomic E-state index is 0.163. The molecule has 1 heterocycles. The van der Waals surface area contributed by atoms with Crippen molar-refractivity contribution in [2.45, 2.75) is 39.2 Å². The van der Waals surface area contributed by atoms with Gasteiger partial charge in [0.2, 0.25) is 0 Å². The smallest absolute Gasteiger partial charge is 0.107 e. The Morgan fingerprint density at radius 2 is 2.27 bits per heavy atom. The van der Waals surface area contributed by atoms with Gasteiger partial charge in [-0.2, -0.15) is 0 Å². The summed E-state index contributed by atoms with van der Waals surface area (Å²) in [5.41, 5.74) is 1.35. The Bertz CT molecular complexity index is 310. The van der Waals surface area contributed by atoms with Crippen LogP contribution in [0.3, 0.4) is 0 Å². The molecule has 0 bridgehead atoms. The summed E-state index contributed by atoms with van der Waals surface area (Å²) in [5, 5.41) is 6.67. The first kappa shape index (κ1) is 12.4. The SMILES string of the molecule is C=CCCNCc1nc(C(C)(C)C)cs1. The van der Waals surface area contributed by atoms with Gasteiger partial charge in [0.15, 0.2) is 0 Å². The van der Waals surface area contributed by atoms with E-state index in [1.807, 2.05) is 6.08 Å². The van der Waals surface area contributed by atoms with Crippen molar-refractivity contribution >= 4 is 11.3 Å². The van der Waals surface area contributed by atoms with Gasteiger partial charge >= 0.3 is 0 Å².